The molecule has 2 heterocycles. The molecule has 0 radical (unpaired) electrons. The standard InChI is InChI=1S/C19H21N3O/c1-12-4-6-15-17(10-12)21(3)16-7-5-14(19(23)18(15)16)11-22-9-8-20-13(22)2/h4,6,8-10,14H,5,7,11H2,1-3H3. The Kier molecular flexibility index (Phi) is 3.15. The molecule has 0 amide bonds. The molecule has 4 heteroatoms. The molecule has 0 saturated carbocycles. The van der Waals surface area contributed by atoms with Crippen LogP contribution in [0.2, 0.25) is 0 Å². The zero-order chi connectivity index (χ0) is 16.1. The zero-order valence-electron chi connectivity index (χ0n) is 13.8. The highest BCUT2D eigenvalue weighted by atomic mass is 16.1. The first-order chi connectivity index (χ1) is 11.1. The number of aryl methyl sites for hydroxylation is 3. The summed E-state index contributed by atoms with van der Waals surface area (Å²) in [6.45, 7) is 4.81. The molecule has 4 rings (SSSR count). The average Bonchev–Trinajstić information content (AvgIpc) is 3.05. The number of aromatic nitrogens is 3. The summed E-state index contributed by atoms with van der Waals surface area (Å²) >= 11 is 0. The monoisotopic (exact) mass is 307 g/mol. The van der Waals surface area contributed by atoms with Crippen molar-refractivity contribution in [3.05, 3.63) is 53.2 Å². The third-order valence-corrected chi connectivity index (χ3v) is 5.16. The molecule has 0 spiro atoms. The van der Waals surface area contributed by atoms with Gasteiger partial charge in [0.1, 0.15) is 5.82 Å². The number of carbonyl (C=O) groups is 1. The summed E-state index contributed by atoms with van der Waals surface area (Å²) in [5.74, 6) is 1.30. The summed E-state index contributed by atoms with van der Waals surface area (Å²) in [5, 5.41) is 1.10. The molecule has 2 aromatic heterocycles. The van der Waals surface area contributed by atoms with Crippen LogP contribution in [0.4, 0.5) is 0 Å². The third-order valence-electron chi connectivity index (χ3n) is 5.16. The Morgan fingerprint density at radius 2 is 2.13 bits per heavy atom. The lowest BCUT2D eigenvalue weighted by Gasteiger charge is -2.23. The first-order valence-electron chi connectivity index (χ1n) is 8.16. The minimum absolute atomic E-state index is 0.0438. The van der Waals surface area contributed by atoms with Gasteiger partial charge in [-0.15, -0.1) is 0 Å². The average molecular weight is 307 g/mol. The van der Waals surface area contributed by atoms with Crippen molar-refractivity contribution in [1.29, 1.82) is 0 Å². The van der Waals surface area contributed by atoms with E-state index < -0.39 is 0 Å². The Labute approximate surface area is 135 Å². The van der Waals surface area contributed by atoms with Crippen molar-refractivity contribution in [2.75, 3.05) is 0 Å². The van der Waals surface area contributed by atoms with Gasteiger partial charge in [0.05, 0.1) is 0 Å². The fraction of sp³-hybridized carbons (Fsp3) is 0.368. The van der Waals surface area contributed by atoms with Gasteiger partial charge >= 0.3 is 0 Å². The van der Waals surface area contributed by atoms with Crippen LogP contribution in [0.25, 0.3) is 10.9 Å². The molecular weight excluding hydrogens is 286 g/mol. The van der Waals surface area contributed by atoms with Gasteiger partial charge in [0, 0.05) is 54.1 Å². The summed E-state index contributed by atoms with van der Waals surface area (Å²) in [6, 6.07) is 6.38. The molecular formula is C19H21N3O. The van der Waals surface area contributed by atoms with E-state index >= 15 is 0 Å². The quantitative estimate of drug-likeness (QED) is 0.727. The van der Waals surface area contributed by atoms with Crippen molar-refractivity contribution in [1.82, 2.24) is 14.1 Å². The summed E-state index contributed by atoms with van der Waals surface area (Å²) in [6.07, 6.45) is 5.63. The number of ketones is 1. The second-order valence-electron chi connectivity index (χ2n) is 6.63. The molecule has 3 aromatic rings. The van der Waals surface area contributed by atoms with Crippen molar-refractivity contribution in [3.8, 4) is 0 Å². The van der Waals surface area contributed by atoms with Crippen LogP contribution in [0, 0.1) is 19.8 Å². The predicted molar refractivity (Wildman–Crippen MR) is 90.8 cm³/mol. The van der Waals surface area contributed by atoms with E-state index in [4.69, 9.17) is 0 Å². The van der Waals surface area contributed by atoms with Crippen LogP contribution in [-0.4, -0.2) is 19.9 Å². The maximum Gasteiger partial charge on any atom is 0.170 e. The number of fused-ring (bicyclic) bond motifs is 3. The Balaban J connectivity index is 1.78. The predicted octanol–water partition coefficient (Wildman–Crippen LogP) is 3.44. The lowest BCUT2D eigenvalue weighted by molar-refractivity contribution is 0.0888. The van der Waals surface area contributed by atoms with E-state index in [1.165, 1.54) is 16.8 Å². The van der Waals surface area contributed by atoms with Crippen molar-refractivity contribution in [2.24, 2.45) is 13.0 Å². The fourth-order valence-electron chi connectivity index (χ4n) is 3.82. The first-order valence-corrected chi connectivity index (χ1v) is 8.16. The van der Waals surface area contributed by atoms with Gasteiger partial charge in [0.25, 0.3) is 0 Å². The number of Topliss-reactive ketones (excluding diaryl/α,β-unsaturated/α-hetero) is 1. The van der Waals surface area contributed by atoms with Crippen molar-refractivity contribution in [2.45, 2.75) is 33.2 Å². The minimum atomic E-state index is 0.0438. The molecule has 0 saturated heterocycles. The molecule has 1 aliphatic carbocycles. The normalized spacial score (nSPS) is 17.7. The Hall–Kier alpha value is -2.36. The van der Waals surface area contributed by atoms with E-state index in [1.807, 2.05) is 13.1 Å². The molecule has 0 N–H and O–H groups in total. The highest BCUT2D eigenvalue weighted by Crippen LogP contribution is 2.34. The minimum Gasteiger partial charge on any atom is -0.347 e. The molecule has 0 aliphatic heterocycles. The van der Waals surface area contributed by atoms with E-state index in [0.717, 1.165) is 36.2 Å². The van der Waals surface area contributed by atoms with Gasteiger partial charge in [-0.2, -0.15) is 0 Å². The number of nitrogens with zero attached hydrogens (tertiary/aromatic N) is 3. The first kappa shape index (κ1) is 14.2. The largest absolute Gasteiger partial charge is 0.347 e. The van der Waals surface area contributed by atoms with Gasteiger partial charge in [0.15, 0.2) is 5.78 Å². The van der Waals surface area contributed by atoms with Crippen molar-refractivity contribution in [3.63, 3.8) is 0 Å². The van der Waals surface area contributed by atoms with E-state index in [-0.39, 0.29) is 11.7 Å². The third kappa shape index (κ3) is 2.12. The highest BCUT2D eigenvalue weighted by molar-refractivity contribution is 6.11. The van der Waals surface area contributed by atoms with Crippen LogP contribution in [0.1, 0.15) is 33.9 Å². The van der Waals surface area contributed by atoms with Crippen molar-refractivity contribution >= 4 is 16.7 Å². The Morgan fingerprint density at radius 1 is 1.30 bits per heavy atom. The van der Waals surface area contributed by atoms with E-state index in [2.05, 4.69) is 46.3 Å². The van der Waals surface area contributed by atoms with Crippen LogP contribution in [0.15, 0.2) is 30.6 Å². The Morgan fingerprint density at radius 3 is 2.87 bits per heavy atom. The number of imidazole rings is 1. The number of carbonyl (C=O) groups excluding carboxylic acids is 1. The highest BCUT2D eigenvalue weighted by Gasteiger charge is 2.32. The van der Waals surface area contributed by atoms with Gasteiger partial charge in [-0.3, -0.25) is 4.79 Å². The molecule has 0 fully saturated rings. The number of rotatable bonds is 2. The van der Waals surface area contributed by atoms with Crippen LogP contribution in [0.5, 0.6) is 0 Å². The van der Waals surface area contributed by atoms with E-state index in [1.54, 1.807) is 6.20 Å². The fourth-order valence-corrected chi connectivity index (χ4v) is 3.82. The molecule has 118 valence electrons. The SMILES string of the molecule is Cc1ccc2c3c(n(C)c2c1)CCC(Cn1ccnc1C)C3=O. The maximum atomic E-state index is 13.1. The molecule has 0 bridgehead atoms. The molecule has 1 aromatic carbocycles. The molecule has 4 nitrogen and oxygen atoms in total. The van der Waals surface area contributed by atoms with E-state index in [9.17, 15) is 4.79 Å². The number of hydrogen-bond acceptors (Lipinski definition) is 2. The molecule has 1 unspecified atom stereocenters. The second-order valence-corrected chi connectivity index (χ2v) is 6.63. The second kappa shape index (κ2) is 5.08. The zero-order valence-corrected chi connectivity index (χ0v) is 13.8. The lowest BCUT2D eigenvalue weighted by Crippen LogP contribution is -2.27. The lowest BCUT2D eigenvalue weighted by atomic mass is 9.85. The van der Waals surface area contributed by atoms with Gasteiger partial charge in [-0.1, -0.05) is 12.1 Å². The summed E-state index contributed by atoms with van der Waals surface area (Å²) < 4.78 is 4.29. The number of hydrogen-bond donors (Lipinski definition) is 0. The molecule has 23 heavy (non-hydrogen) atoms. The topological polar surface area (TPSA) is 39.8 Å². The molecule has 1 atom stereocenters. The Bertz CT molecular complexity index is 916. The van der Waals surface area contributed by atoms with Crippen molar-refractivity contribution < 1.29 is 4.79 Å². The van der Waals surface area contributed by atoms with Gasteiger partial charge < -0.3 is 9.13 Å². The van der Waals surface area contributed by atoms with Gasteiger partial charge in [0.2, 0.25) is 0 Å². The number of benzene rings is 1. The molecule has 1 aliphatic rings. The summed E-state index contributed by atoms with van der Waals surface area (Å²) in [7, 11) is 2.08. The van der Waals surface area contributed by atoms with Crippen LogP contribution in [0.3, 0.4) is 0 Å². The van der Waals surface area contributed by atoms with Gasteiger partial charge in [-0.05, 0) is 38.3 Å². The van der Waals surface area contributed by atoms with E-state index in [0.29, 0.717) is 0 Å². The smallest absolute Gasteiger partial charge is 0.170 e. The van der Waals surface area contributed by atoms with Crippen LogP contribution >= 0.6 is 0 Å². The summed E-state index contributed by atoms with van der Waals surface area (Å²) in [5.41, 5.74) is 4.53. The summed E-state index contributed by atoms with van der Waals surface area (Å²) in [4.78, 5) is 17.4. The van der Waals surface area contributed by atoms with Crippen LogP contribution in [-0.2, 0) is 20.0 Å². The maximum absolute atomic E-state index is 13.1. The van der Waals surface area contributed by atoms with Crippen LogP contribution < -0.4 is 0 Å². The van der Waals surface area contributed by atoms with Gasteiger partial charge in [-0.25, -0.2) is 4.98 Å².